The Morgan fingerprint density at radius 2 is 2.20 bits per heavy atom. The van der Waals surface area contributed by atoms with E-state index in [0.717, 1.165) is 12.5 Å². The Morgan fingerprint density at radius 3 is 2.85 bits per heavy atom. The summed E-state index contributed by atoms with van der Waals surface area (Å²) < 4.78 is 0. The zero-order chi connectivity index (χ0) is 14.5. The number of carboxylic acid groups (broad SMARTS) is 1. The SMILES string of the molecule is O=C(O)/C=C/c1cccc(C(=O)N2CCC(CO)C2)c1. The highest BCUT2D eigenvalue weighted by atomic mass is 16.4. The van der Waals surface area contributed by atoms with Crippen LogP contribution >= 0.6 is 0 Å². The van der Waals surface area contributed by atoms with Crippen molar-refractivity contribution >= 4 is 18.0 Å². The van der Waals surface area contributed by atoms with Crippen LogP contribution in [0.25, 0.3) is 6.08 Å². The molecule has 5 nitrogen and oxygen atoms in total. The van der Waals surface area contributed by atoms with Gasteiger partial charge in [-0.3, -0.25) is 4.79 Å². The molecule has 1 fully saturated rings. The molecule has 1 aromatic carbocycles. The van der Waals surface area contributed by atoms with Gasteiger partial charge in [-0.15, -0.1) is 0 Å². The van der Waals surface area contributed by atoms with Crippen molar-refractivity contribution < 1.29 is 19.8 Å². The van der Waals surface area contributed by atoms with Crippen molar-refractivity contribution in [3.63, 3.8) is 0 Å². The quantitative estimate of drug-likeness (QED) is 0.810. The number of carbonyl (C=O) groups is 2. The molecule has 0 bridgehead atoms. The largest absolute Gasteiger partial charge is 0.478 e. The van der Waals surface area contributed by atoms with Crippen molar-refractivity contribution in [2.24, 2.45) is 5.92 Å². The Hall–Kier alpha value is -2.14. The maximum Gasteiger partial charge on any atom is 0.328 e. The zero-order valence-corrected chi connectivity index (χ0v) is 11.0. The first-order valence-corrected chi connectivity index (χ1v) is 6.51. The maximum atomic E-state index is 12.3. The predicted octanol–water partition coefficient (Wildman–Crippen LogP) is 1.24. The molecule has 1 unspecified atom stereocenters. The Balaban J connectivity index is 2.11. The van der Waals surface area contributed by atoms with Crippen LogP contribution in [-0.4, -0.2) is 46.7 Å². The monoisotopic (exact) mass is 275 g/mol. The second kappa shape index (κ2) is 6.34. The van der Waals surface area contributed by atoms with Crippen molar-refractivity contribution in [3.8, 4) is 0 Å². The number of aliphatic hydroxyl groups is 1. The molecular weight excluding hydrogens is 258 g/mol. The lowest BCUT2D eigenvalue weighted by molar-refractivity contribution is -0.131. The Labute approximate surface area is 117 Å². The molecule has 1 atom stereocenters. The summed E-state index contributed by atoms with van der Waals surface area (Å²) in [5, 5.41) is 17.7. The van der Waals surface area contributed by atoms with Crippen molar-refractivity contribution in [1.82, 2.24) is 4.90 Å². The van der Waals surface area contributed by atoms with Crippen LogP contribution in [0.1, 0.15) is 22.3 Å². The summed E-state index contributed by atoms with van der Waals surface area (Å²) in [5.74, 6) is -0.937. The van der Waals surface area contributed by atoms with Gasteiger partial charge in [0.25, 0.3) is 5.91 Å². The maximum absolute atomic E-state index is 12.3. The standard InChI is InChI=1S/C15H17NO4/c17-10-12-6-7-16(9-12)15(20)13-3-1-2-11(8-13)4-5-14(18)19/h1-5,8,12,17H,6-7,9-10H2,(H,18,19)/b5-4+. The van der Waals surface area contributed by atoms with Crippen LogP contribution in [0.5, 0.6) is 0 Å². The number of amides is 1. The van der Waals surface area contributed by atoms with Crippen LogP contribution in [0.15, 0.2) is 30.3 Å². The Bertz CT molecular complexity index is 538. The van der Waals surface area contributed by atoms with E-state index in [1.165, 1.54) is 6.08 Å². The fraction of sp³-hybridized carbons (Fsp3) is 0.333. The molecule has 0 spiro atoms. The third-order valence-corrected chi connectivity index (χ3v) is 3.38. The second-order valence-corrected chi connectivity index (χ2v) is 4.89. The van der Waals surface area contributed by atoms with Gasteiger partial charge in [-0.05, 0) is 30.2 Å². The topological polar surface area (TPSA) is 77.8 Å². The van der Waals surface area contributed by atoms with E-state index >= 15 is 0 Å². The normalized spacial score (nSPS) is 18.6. The second-order valence-electron chi connectivity index (χ2n) is 4.89. The molecule has 1 heterocycles. The lowest BCUT2D eigenvalue weighted by Crippen LogP contribution is -2.29. The van der Waals surface area contributed by atoms with E-state index in [4.69, 9.17) is 10.2 Å². The Kier molecular flexibility index (Phi) is 4.53. The fourth-order valence-corrected chi connectivity index (χ4v) is 2.29. The number of aliphatic hydroxyl groups excluding tert-OH is 1. The van der Waals surface area contributed by atoms with E-state index in [1.54, 1.807) is 29.2 Å². The third-order valence-electron chi connectivity index (χ3n) is 3.38. The van der Waals surface area contributed by atoms with Crippen LogP contribution in [-0.2, 0) is 4.79 Å². The predicted molar refractivity (Wildman–Crippen MR) is 74.2 cm³/mol. The van der Waals surface area contributed by atoms with Gasteiger partial charge in [0.05, 0.1) is 0 Å². The zero-order valence-electron chi connectivity index (χ0n) is 11.0. The van der Waals surface area contributed by atoms with Gasteiger partial charge in [-0.2, -0.15) is 0 Å². The van der Waals surface area contributed by atoms with Gasteiger partial charge in [-0.1, -0.05) is 12.1 Å². The van der Waals surface area contributed by atoms with Gasteiger partial charge in [-0.25, -0.2) is 4.79 Å². The fourth-order valence-electron chi connectivity index (χ4n) is 2.29. The first-order valence-electron chi connectivity index (χ1n) is 6.51. The summed E-state index contributed by atoms with van der Waals surface area (Å²) in [7, 11) is 0. The van der Waals surface area contributed by atoms with E-state index < -0.39 is 5.97 Å². The first kappa shape index (κ1) is 14.3. The minimum absolute atomic E-state index is 0.0773. The molecule has 0 radical (unpaired) electrons. The van der Waals surface area contributed by atoms with E-state index in [1.807, 2.05) is 0 Å². The highest BCUT2D eigenvalue weighted by Gasteiger charge is 2.26. The average Bonchev–Trinajstić information content (AvgIpc) is 2.93. The van der Waals surface area contributed by atoms with Gasteiger partial charge in [0.1, 0.15) is 0 Å². The molecule has 106 valence electrons. The molecule has 1 saturated heterocycles. The average molecular weight is 275 g/mol. The molecule has 1 amide bonds. The van der Waals surface area contributed by atoms with Gasteiger partial charge >= 0.3 is 5.97 Å². The molecule has 1 aliphatic rings. The van der Waals surface area contributed by atoms with Crippen molar-refractivity contribution in [2.75, 3.05) is 19.7 Å². The van der Waals surface area contributed by atoms with Crippen LogP contribution in [0, 0.1) is 5.92 Å². The molecular formula is C15H17NO4. The highest BCUT2D eigenvalue weighted by molar-refractivity contribution is 5.95. The van der Waals surface area contributed by atoms with Gasteiger partial charge in [0.2, 0.25) is 0 Å². The van der Waals surface area contributed by atoms with Crippen LogP contribution in [0.2, 0.25) is 0 Å². The number of nitrogens with zero attached hydrogens (tertiary/aromatic N) is 1. The smallest absolute Gasteiger partial charge is 0.328 e. The number of carboxylic acids is 1. The minimum Gasteiger partial charge on any atom is -0.478 e. The van der Waals surface area contributed by atoms with Crippen LogP contribution < -0.4 is 0 Å². The van der Waals surface area contributed by atoms with E-state index in [9.17, 15) is 9.59 Å². The van der Waals surface area contributed by atoms with E-state index in [2.05, 4.69) is 0 Å². The van der Waals surface area contributed by atoms with Crippen LogP contribution in [0.3, 0.4) is 0 Å². The van der Waals surface area contributed by atoms with E-state index in [-0.39, 0.29) is 18.4 Å². The number of benzene rings is 1. The third kappa shape index (κ3) is 3.45. The Morgan fingerprint density at radius 1 is 1.40 bits per heavy atom. The number of likely N-dealkylation sites (tertiary alicyclic amines) is 1. The summed E-state index contributed by atoms with van der Waals surface area (Å²) in [5.41, 5.74) is 1.22. The lowest BCUT2D eigenvalue weighted by atomic mass is 10.1. The van der Waals surface area contributed by atoms with Crippen molar-refractivity contribution in [3.05, 3.63) is 41.5 Å². The lowest BCUT2D eigenvalue weighted by Gasteiger charge is -2.16. The summed E-state index contributed by atoms with van der Waals surface area (Å²) in [6, 6.07) is 6.87. The molecule has 5 heteroatoms. The number of carbonyl (C=O) groups excluding carboxylic acids is 1. The number of hydrogen-bond donors (Lipinski definition) is 2. The number of aliphatic carboxylic acids is 1. The number of rotatable bonds is 4. The molecule has 0 aliphatic carbocycles. The highest BCUT2D eigenvalue weighted by Crippen LogP contribution is 2.19. The minimum atomic E-state index is -1.02. The van der Waals surface area contributed by atoms with Gasteiger partial charge < -0.3 is 15.1 Å². The molecule has 0 saturated carbocycles. The summed E-state index contributed by atoms with van der Waals surface area (Å²) in [6.07, 6.45) is 3.32. The molecule has 1 aromatic rings. The van der Waals surface area contributed by atoms with Gasteiger partial charge in [0.15, 0.2) is 0 Å². The number of hydrogen-bond acceptors (Lipinski definition) is 3. The molecule has 20 heavy (non-hydrogen) atoms. The molecule has 1 aliphatic heterocycles. The van der Waals surface area contributed by atoms with Gasteiger partial charge in [0, 0.05) is 37.3 Å². The van der Waals surface area contributed by atoms with E-state index in [0.29, 0.717) is 24.2 Å². The van der Waals surface area contributed by atoms with Crippen molar-refractivity contribution in [1.29, 1.82) is 0 Å². The summed E-state index contributed by atoms with van der Waals surface area (Å²) >= 11 is 0. The first-order chi connectivity index (χ1) is 9.60. The molecule has 2 N–H and O–H groups in total. The summed E-state index contributed by atoms with van der Waals surface area (Å²) in [4.78, 5) is 24.5. The summed E-state index contributed by atoms with van der Waals surface area (Å²) in [6.45, 7) is 1.33. The van der Waals surface area contributed by atoms with Crippen LogP contribution in [0.4, 0.5) is 0 Å². The molecule has 2 rings (SSSR count). The molecule has 0 aromatic heterocycles. The van der Waals surface area contributed by atoms with Crippen molar-refractivity contribution in [2.45, 2.75) is 6.42 Å².